The van der Waals surface area contributed by atoms with Crippen molar-refractivity contribution in [2.45, 2.75) is 20.3 Å². The number of nitrogens with zero attached hydrogens (tertiary/aromatic N) is 1. The zero-order valence-electron chi connectivity index (χ0n) is 9.25. The molecule has 0 saturated heterocycles. The summed E-state index contributed by atoms with van der Waals surface area (Å²) in [6.07, 6.45) is 3.24. The standard InChI is InChI=1S/C12H17N3/c1-3-8-15-9-12(13-14-15)11-6-4-10(2)5-7-11/h4-7,9,13-14H,3,8H2,1-2H3. The Bertz CT molecular complexity index is 354. The molecule has 1 aromatic rings. The Morgan fingerprint density at radius 1 is 1.20 bits per heavy atom. The molecule has 0 aliphatic carbocycles. The van der Waals surface area contributed by atoms with Crippen molar-refractivity contribution in [2.75, 3.05) is 6.54 Å². The van der Waals surface area contributed by atoms with E-state index in [4.69, 9.17) is 0 Å². The van der Waals surface area contributed by atoms with Gasteiger partial charge in [0.2, 0.25) is 0 Å². The van der Waals surface area contributed by atoms with Gasteiger partial charge in [-0.15, -0.1) is 5.53 Å². The Morgan fingerprint density at radius 2 is 1.93 bits per heavy atom. The maximum atomic E-state index is 3.16. The second-order valence-electron chi connectivity index (χ2n) is 3.84. The number of hydrogen-bond acceptors (Lipinski definition) is 3. The lowest BCUT2D eigenvalue weighted by molar-refractivity contribution is 0.273. The van der Waals surface area contributed by atoms with Crippen LogP contribution < -0.4 is 11.0 Å². The summed E-state index contributed by atoms with van der Waals surface area (Å²) in [6.45, 7) is 5.28. The third-order valence-electron chi connectivity index (χ3n) is 2.45. The van der Waals surface area contributed by atoms with Crippen molar-refractivity contribution in [3.05, 3.63) is 41.6 Å². The fraction of sp³-hybridized carbons (Fsp3) is 0.333. The summed E-state index contributed by atoms with van der Waals surface area (Å²) in [5, 5.41) is 2.06. The van der Waals surface area contributed by atoms with Crippen LogP contribution in [0.3, 0.4) is 0 Å². The quantitative estimate of drug-likeness (QED) is 0.787. The number of hydrogen-bond donors (Lipinski definition) is 2. The lowest BCUT2D eigenvalue weighted by atomic mass is 10.1. The molecule has 0 atom stereocenters. The molecule has 1 aliphatic heterocycles. The minimum Gasteiger partial charge on any atom is -0.302 e. The van der Waals surface area contributed by atoms with Crippen LogP contribution in [0.2, 0.25) is 0 Å². The van der Waals surface area contributed by atoms with E-state index in [2.05, 4.69) is 60.3 Å². The molecule has 0 aromatic heterocycles. The summed E-state index contributed by atoms with van der Waals surface area (Å²) < 4.78 is 0. The first-order valence-electron chi connectivity index (χ1n) is 5.37. The Balaban J connectivity index is 2.12. The fourth-order valence-electron chi connectivity index (χ4n) is 1.59. The molecule has 15 heavy (non-hydrogen) atoms. The summed E-state index contributed by atoms with van der Waals surface area (Å²) >= 11 is 0. The molecule has 0 bridgehead atoms. The van der Waals surface area contributed by atoms with E-state index < -0.39 is 0 Å². The Hall–Kier alpha value is -1.48. The maximum Gasteiger partial charge on any atom is 0.0751 e. The van der Waals surface area contributed by atoms with Gasteiger partial charge in [0.15, 0.2) is 0 Å². The molecule has 0 spiro atoms. The highest BCUT2D eigenvalue weighted by molar-refractivity contribution is 5.64. The molecule has 2 N–H and O–H groups in total. The molecule has 2 rings (SSSR count). The highest BCUT2D eigenvalue weighted by Gasteiger charge is 2.10. The van der Waals surface area contributed by atoms with E-state index in [9.17, 15) is 0 Å². The second kappa shape index (κ2) is 4.36. The third kappa shape index (κ3) is 2.30. The van der Waals surface area contributed by atoms with Crippen LogP contribution in [0.1, 0.15) is 24.5 Å². The largest absolute Gasteiger partial charge is 0.302 e. The number of nitrogens with one attached hydrogen (secondary N) is 2. The Morgan fingerprint density at radius 3 is 2.60 bits per heavy atom. The minimum absolute atomic E-state index is 1.02. The van der Waals surface area contributed by atoms with Crippen molar-refractivity contribution < 1.29 is 0 Å². The highest BCUT2D eigenvalue weighted by Crippen LogP contribution is 2.15. The predicted molar refractivity (Wildman–Crippen MR) is 62.4 cm³/mol. The zero-order valence-corrected chi connectivity index (χ0v) is 9.25. The van der Waals surface area contributed by atoms with Crippen LogP contribution >= 0.6 is 0 Å². The van der Waals surface area contributed by atoms with Crippen LogP contribution in [0.15, 0.2) is 30.5 Å². The predicted octanol–water partition coefficient (Wildman–Crippen LogP) is 2.03. The first-order chi connectivity index (χ1) is 7.29. The molecule has 0 fully saturated rings. The van der Waals surface area contributed by atoms with Crippen molar-refractivity contribution >= 4 is 5.70 Å². The number of benzene rings is 1. The molecule has 0 saturated carbocycles. The smallest absolute Gasteiger partial charge is 0.0751 e. The molecule has 0 amide bonds. The van der Waals surface area contributed by atoms with E-state index in [1.54, 1.807) is 0 Å². The summed E-state index contributed by atoms with van der Waals surface area (Å²) in [6, 6.07) is 8.51. The lowest BCUT2D eigenvalue weighted by Gasteiger charge is -2.12. The van der Waals surface area contributed by atoms with Crippen LogP contribution in [0.5, 0.6) is 0 Å². The van der Waals surface area contributed by atoms with Gasteiger partial charge in [0.1, 0.15) is 0 Å². The van der Waals surface area contributed by atoms with Gasteiger partial charge in [0, 0.05) is 18.3 Å². The first-order valence-corrected chi connectivity index (χ1v) is 5.37. The molecule has 80 valence electrons. The SMILES string of the molecule is CCCN1C=C(c2ccc(C)cc2)NN1. The Labute approximate surface area is 90.7 Å². The van der Waals surface area contributed by atoms with Crippen molar-refractivity contribution in [2.24, 2.45) is 0 Å². The Kier molecular flexibility index (Phi) is 2.92. The van der Waals surface area contributed by atoms with Crippen molar-refractivity contribution in [3.8, 4) is 0 Å². The van der Waals surface area contributed by atoms with Crippen molar-refractivity contribution in [1.29, 1.82) is 0 Å². The number of hydrazine groups is 2. The van der Waals surface area contributed by atoms with Crippen molar-refractivity contribution in [3.63, 3.8) is 0 Å². The van der Waals surface area contributed by atoms with E-state index >= 15 is 0 Å². The summed E-state index contributed by atoms with van der Waals surface area (Å²) in [5.41, 5.74) is 9.91. The molecule has 1 heterocycles. The lowest BCUT2D eigenvalue weighted by Crippen LogP contribution is -2.36. The number of aryl methyl sites for hydroxylation is 1. The van der Waals surface area contributed by atoms with Gasteiger partial charge in [-0.3, -0.25) is 5.01 Å². The van der Waals surface area contributed by atoms with Crippen LogP contribution in [-0.2, 0) is 0 Å². The second-order valence-corrected chi connectivity index (χ2v) is 3.84. The molecule has 1 aromatic carbocycles. The van der Waals surface area contributed by atoms with Gasteiger partial charge in [0.05, 0.1) is 5.70 Å². The van der Waals surface area contributed by atoms with Gasteiger partial charge in [-0.25, -0.2) is 0 Å². The first kappa shape index (κ1) is 10.1. The molecule has 0 unspecified atom stereocenters. The molecule has 3 nitrogen and oxygen atoms in total. The average Bonchev–Trinajstić information content (AvgIpc) is 2.68. The molecule has 3 heteroatoms. The molecular weight excluding hydrogens is 186 g/mol. The summed E-state index contributed by atoms with van der Waals surface area (Å²) in [7, 11) is 0. The molecule has 0 radical (unpaired) electrons. The fourth-order valence-corrected chi connectivity index (χ4v) is 1.59. The molecular formula is C12H17N3. The van der Waals surface area contributed by atoms with Crippen molar-refractivity contribution in [1.82, 2.24) is 16.0 Å². The monoisotopic (exact) mass is 203 g/mol. The van der Waals surface area contributed by atoms with Crippen LogP contribution in [0.4, 0.5) is 0 Å². The van der Waals surface area contributed by atoms with Crippen LogP contribution in [0, 0.1) is 6.92 Å². The minimum atomic E-state index is 1.02. The zero-order chi connectivity index (χ0) is 10.7. The van der Waals surface area contributed by atoms with E-state index in [1.165, 1.54) is 11.1 Å². The average molecular weight is 203 g/mol. The third-order valence-corrected chi connectivity index (χ3v) is 2.45. The van der Waals surface area contributed by atoms with Gasteiger partial charge < -0.3 is 5.43 Å². The molecule has 1 aliphatic rings. The van der Waals surface area contributed by atoms with Gasteiger partial charge >= 0.3 is 0 Å². The highest BCUT2D eigenvalue weighted by atomic mass is 15.7. The van der Waals surface area contributed by atoms with E-state index in [0.717, 1.165) is 18.7 Å². The van der Waals surface area contributed by atoms with E-state index in [-0.39, 0.29) is 0 Å². The van der Waals surface area contributed by atoms with Gasteiger partial charge in [-0.2, -0.15) is 0 Å². The normalized spacial score (nSPS) is 15.1. The van der Waals surface area contributed by atoms with Gasteiger partial charge in [-0.05, 0) is 13.3 Å². The summed E-state index contributed by atoms with van der Waals surface area (Å²) in [5.74, 6) is 0. The maximum absolute atomic E-state index is 3.16. The van der Waals surface area contributed by atoms with Gasteiger partial charge in [0.25, 0.3) is 0 Å². The van der Waals surface area contributed by atoms with Gasteiger partial charge in [-0.1, -0.05) is 36.8 Å². The van der Waals surface area contributed by atoms with Crippen LogP contribution in [-0.4, -0.2) is 11.6 Å². The number of rotatable bonds is 3. The topological polar surface area (TPSA) is 27.3 Å². The van der Waals surface area contributed by atoms with E-state index in [1.807, 2.05) is 0 Å². The summed E-state index contributed by atoms with van der Waals surface area (Å²) in [4.78, 5) is 0. The van der Waals surface area contributed by atoms with E-state index in [0.29, 0.717) is 0 Å². The van der Waals surface area contributed by atoms with Crippen LogP contribution in [0.25, 0.3) is 5.70 Å².